The van der Waals surface area contributed by atoms with Crippen molar-refractivity contribution in [2.75, 3.05) is 17.7 Å². The molecule has 2 amide bonds. The van der Waals surface area contributed by atoms with Crippen molar-refractivity contribution in [3.8, 4) is 5.75 Å². The van der Waals surface area contributed by atoms with E-state index in [1.165, 1.54) is 11.3 Å². The third kappa shape index (κ3) is 4.45. The topological polar surface area (TPSA) is 67.4 Å². The van der Waals surface area contributed by atoms with Crippen molar-refractivity contribution in [3.63, 3.8) is 0 Å². The van der Waals surface area contributed by atoms with Gasteiger partial charge in [0.1, 0.15) is 10.8 Å². The van der Waals surface area contributed by atoms with Crippen LogP contribution >= 0.6 is 22.9 Å². The lowest BCUT2D eigenvalue weighted by Crippen LogP contribution is -2.19. The summed E-state index contributed by atoms with van der Waals surface area (Å²) >= 11 is 7.38. The summed E-state index contributed by atoms with van der Waals surface area (Å²) in [6.07, 6.45) is 0.791. The van der Waals surface area contributed by atoms with Crippen LogP contribution in [0.3, 0.4) is 0 Å². The van der Waals surface area contributed by atoms with Gasteiger partial charge >= 0.3 is 0 Å². The zero-order valence-corrected chi connectivity index (χ0v) is 19.1. The number of para-hydroxylation sites is 2. The molecule has 0 radical (unpaired) electrons. The maximum atomic E-state index is 13.1. The number of ether oxygens (including phenoxy) is 1. The van der Waals surface area contributed by atoms with Crippen LogP contribution in [-0.2, 0) is 4.79 Å². The smallest absolute Gasteiger partial charge is 0.259 e. The standard InChI is InChI=1S/C24H23ClN2O3S/c1-13-14(2)31-24(21(13)23(29)26-19-6-4-5-7-20(19)30-3)27-22(28)18-12-17(18)15-8-10-16(25)11-9-15/h4-11,17-18H,12H2,1-3H3,(H,26,29)(H,27,28). The first-order chi connectivity index (χ1) is 14.9. The molecule has 31 heavy (non-hydrogen) atoms. The maximum Gasteiger partial charge on any atom is 0.259 e. The minimum atomic E-state index is -0.272. The van der Waals surface area contributed by atoms with E-state index in [4.69, 9.17) is 16.3 Å². The maximum absolute atomic E-state index is 13.1. The number of anilines is 2. The van der Waals surface area contributed by atoms with Crippen molar-refractivity contribution in [1.82, 2.24) is 0 Å². The van der Waals surface area contributed by atoms with E-state index in [9.17, 15) is 9.59 Å². The predicted molar refractivity (Wildman–Crippen MR) is 126 cm³/mol. The minimum Gasteiger partial charge on any atom is -0.495 e. The number of benzene rings is 2. The molecule has 2 N–H and O–H groups in total. The van der Waals surface area contributed by atoms with E-state index in [-0.39, 0.29) is 23.7 Å². The average Bonchev–Trinajstić information content (AvgIpc) is 3.50. The second-order valence-corrected chi connectivity index (χ2v) is 9.29. The van der Waals surface area contributed by atoms with Crippen molar-refractivity contribution in [2.45, 2.75) is 26.2 Å². The highest BCUT2D eigenvalue weighted by molar-refractivity contribution is 7.16. The Morgan fingerprint density at radius 3 is 2.48 bits per heavy atom. The highest BCUT2D eigenvalue weighted by Gasteiger charge is 2.44. The highest BCUT2D eigenvalue weighted by Crippen LogP contribution is 2.48. The number of nitrogens with one attached hydrogen (secondary N) is 2. The Morgan fingerprint density at radius 2 is 1.77 bits per heavy atom. The van der Waals surface area contributed by atoms with Gasteiger partial charge in [0.2, 0.25) is 5.91 Å². The Balaban J connectivity index is 1.51. The lowest BCUT2D eigenvalue weighted by Gasteiger charge is -2.11. The summed E-state index contributed by atoms with van der Waals surface area (Å²) in [6, 6.07) is 14.9. The number of amides is 2. The zero-order valence-electron chi connectivity index (χ0n) is 17.5. The van der Waals surface area contributed by atoms with Gasteiger partial charge in [0.15, 0.2) is 0 Å². The number of rotatable bonds is 6. The van der Waals surface area contributed by atoms with E-state index in [1.807, 2.05) is 50.2 Å². The molecule has 4 rings (SSSR count). The number of halogens is 1. The van der Waals surface area contributed by atoms with Gasteiger partial charge < -0.3 is 15.4 Å². The van der Waals surface area contributed by atoms with Crippen LogP contribution in [0.4, 0.5) is 10.7 Å². The summed E-state index contributed by atoms with van der Waals surface area (Å²) in [5.74, 6) is 0.327. The molecule has 1 aromatic heterocycles. The van der Waals surface area contributed by atoms with E-state index < -0.39 is 0 Å². The molecule has 0 spiro atoms. The van der Waals surface area contributed by atoms with Gasteiger partial charge in [-0.3, -0.25) is 9.59 Å². The van der Waals surface area contributed by atoms with Crippen molar-refractivity contribution in [2.24, 2.45) is 5.92 Å². The molecule has 7 heteroatoms. The fourth-order valence-corrected chi connectivity index (χ4v) is 4.88. The SMILES string of the molecule is COc1ccccc1NC(=O)c1c(NC(=O)C2CC2c2ccc(Cl)cc2)sc(C)c1C. The van der Waals surface area contributed by atoms with Gasteiger partial charge in [0.25, 0.3) is 5.91 Å². The number of hydrogen-bond acceptors (Lipinski definition) is 4. The molecule has 0 bridgehead atoms. The highest BCUT2D eigenvalue weighted by atomic mass is 35.5. The monoisotopic (exact) mass is 454 g/mol. The Labute approximate surface area is 190 Å². The molecule has 3 aromatic rings. The van der Waals surface area contributed by atoms with Crippen LogP contribution in [0.1, 0.15) is 38.7 Å². The predicted octanol–water partition coefficient (Wildman–Crippen LogP) is 6.02. The van der Waals surface area contributed by atoms with Gasteiger partial charge in [0.05, 0.1) is 18.4 Å². The minimum absolute atomic E-state index is 0.0625. The number of methoxy groups -OCH3 is 1. The number of carbonyl (C=O) groups is 2. The molecule has 1 aliphatic carbocycles. The second kappa shape index (κ2) is 8.73. The normalized spacial score (nSPS) is 17.2. The van der Waals surface area contributed by atoms with Crippen molar-refractivity contribution in [1.29, 1.82) is 0 Å². The molecule has 1 fully saturated rings. The van der Waals surface area contributed by atoms with Crippen LogP contribution < -0.4 is 15.4 Å². The molecule has 2 atom stereocenters. The Bertz CT molecular complexity index is 1140. The lowest BCUT2D eigenvalue weighted by molar-refractivity contribution is -0.117. The lowest BCUT2D eigenvalue weighted by atomic mass is 10.1. The van der Waals surface area contributed by atoms with Crippen LogP contribution in [0.15, 0.2) is 48.5 Å². The molecule has 2 unspecified atom stereocenters. The number of hydrogen-bond donors (Lipinski definition) is 2. The largest absolute Gasteiger partial charge is 0.495 e. The van der Waals surface area contributed by atoms with Gasteiger partial charge in [-0.15, -0.1) is 11.3 Å². The fraction of sp³-hybridized carbons (Fsp3) is 0.250. The van der Waals surface area contributed by atoms with Crippen molar-refractivity contribution in [3.05, 3.63) is 75.1 Å². The first-order valence-corrected chi connectivity index (χ1v) is 11.2. The van der Waals surface area contributed by atoms with Crippen LogP contribution in [0.5, 0.6) is 5.75 Å². The molecule has 1 saturated carbocycles. The van der Waals surface area contributed by atoms with Crippen molar-refractivity contribution < 1.29 is 14.3 Å². The third-order valence-electron chi connectivity index (χ3n) is 5.63. The third-order valence-corrected chi connectivity index (χ3v) is 7.00. The molecular formula is C24H23ClN2O3S. The van der Waals surface area contributed by atoms with Crippen LogP contribution in [0.2, 0.25) is 5.02 Å². The van der Waals surface area contributed by atoms with Gasteiger partial charge in [-0.05, 0) is 61.6 Å². The van der Waals surface area contributed by atoms with E-state index in [0.717, 1.165) is 22.4 Å². The molecular weight excluding hydrogens is 432 g/mol. The number of carbonyl (C=O) groups excluding carboxylic acids is 2. The Morgan fingerprint density at radius 1 is 1.06 bits per heavy atom. The van der Waals surface area contributed by atoms with Gasteiger partial charge in [-0.2, -0.15) is 0 Å². The first kappa shape index (κ1) is 21.4. The van der Waals surface area contributed by atoms with E-state index >= 15 is 0 Å². The second-order valence-electron chi connectivity index (χ2n) is 7.63. The summed E-state index contributed by atoms with van der Waals surface area (Å²) in [5, 5.41) is 7.17. The molecule has 2 aromatic carbocycles. The molecule has 5 nitrogen and oxygen atoms in total. The molecule has 1 aliphatic rings. The quantitative estimate of drug-likeness (QED) is 0.478. The van der Waals surface area contributed by atoms with E-state index in [1.54, 1.807) is 19.2 Å². The molecule has 1 heterocycles. The summed E-state index contributed by atoms with van der Waals surface area (Å²) in [6.45, 7) is 3.84. The summed E-state index contributed by atoms with van der Waals surface area (Å²) in [4.78, 5) is 27.0. The summed E-state index contributed by atoms with van der Waals surface area (Å²) in [5.41, 5.74) is 3.04. The summed E-state index contributed by atoms with van der Waals surface area (Å²) in [7, 11) is 1.56. The number of aryl methyl sites for hydroxylation is 1. The van der Waals surface area contributed by atoms with Crippen LogP contribution in [0, 0.1) is 19.8 Å². The van der Waals surface area contributed by atoms with E-state index in [2.05, 4.69) is 10.6 Å². The first-order valence-electron chi connectivity index (χ1n) is 9.99. The Kier molecular flexibility index (Phi) is 6.03. The van der Waals surface area contributed by atoms with Gasteiger partial charge in [-0.1, -0.05) is 35.9 Å². The Hall–Kier alpha value is -2.83. The zero-order chi connectivity index (χ0) is 22.1. The average molecular weight is 455 g/mol. The van der Waals surface area contributed by atoms with Gasteiger partial charge in [-0.25, -0.2) is 0 Å². The fourth-order valence-electron chi connectivity index (χ4n) is 3.69. The van der Waals surface area contributed by atoms with Crippen LogP contribution in [-0.4, -0.2) is 18.9 Å². The van der Waals surface area contributed by atoms with E-state index in [0.29, 0.717) is 27.0 Å². The van der Waals surface area contributed by atoms with Crippen molar-refractivity contribution >= 4 is 45.4 Å². The van der Waals surface area contributed by atoms with Crippen LogP contribution in [0.25, 0.3) is 0 Å². The molecule has 0 saturated heterocycles. The summed E-state index contributed by atoms with van der Waals surface area (Å²) < 4.78 is 5.32. The molecule has 0 aliphatic heterocycles. The molecule has 160 valence electrons. The van der Waals surface area contributed by atoms with Gasteiger partial charge in [0, 0.05) is 15.8 Å². The number of thiophene rings is 1.